The zero-order valence-corrected chi connectivity index (χ0v) is 13.8. The van der Waals surface area contributed by atoms with E-state index in [1.54, 1.807) is 0 Å². The molecule has 0 aliphatic carbocycles. The van der Waals surface area contributed by atoms with Crippen LogP contribution >= 0.6 is 11.6 Å². The lowest BCUT2D eigenvalue weighted by Gasteiger charge is -2.07. The number of hydrogen-bond acceptors (Lipinski definition) is 3. The van der Waals surface area contributed by atoms with Crippen LogP contribution in [0.2, 0.25) is 5.02 Å². The van der Waals surface area contributed by atoms with Crippen LogP contribution in [-0.4, -0.2) is 6.04 Å². The molecule has 114 valence electrons. The molecule has 0 spiro atoms. The minimum atomic E-state index is 0.422. The monoisotopic (exact) mass is 307 g/mol. The van der Waals surface area contributed by atoms with Gasteiger partial charge in [-0.2, -0.15) is 0 Å². The van der Waals surface area contributed by atoms with Crippen LogP contribution in [-0.2, 0) is 13.2 Å². The molecule has 0 atom stereocenters. The van der Waals surface area contributed by atoms with E-state index in [1.165, 1.54) is 5.56 Å². The Morgan fingerprint density at radius 3 is 2.67 bits per heavy atom. The van der Waals surface area contributed by atoms with E-state index in [2.05, 4.69) is 25.2 Å². The topological polar surface area (TPSA) is 34.4 Å². The maximum Gasteiger partial charge on any atom is 0.146 e. The van der Waals surface area contributed by atoms with Gasteiger partial charge in [0.1, 0.15) is 23.9 Å². The summed E-state index contributed by atoms with van der Waals surface area (Å²) in [5.41, 5.74) is 2.20. The van der Waals surface area contributed by atoms with Crippen molar-refractivity contribution in [3.63, 3.8) is 0 Å². The minimum absolute atomic E-state index is 0.422. The second kappa shape index (κ2) is 7.01. The van der Waals surface area contributed by atoms with Crippen molar-refractivity contribution < 1.29 is 9.15 Å². The van der Waals surface area contributed by atoms with Crippen molar-refractivity contribution in [2.75, 3.05) is 0 Å². The van der Waals surface area contributed by atoms with Crippen LogP contribution in [0.1, 0.15) is 36.5 Å². The number of aryl methyl sites for hydroxylation is 2. The van der Waals surface area contributed by atoms with Crippen molar-refractivity contribution >= 4 is 11.6 Å². The Kier molecular flexibility index (Phi) is 5.32. The lowest BCUT2D eigenvalue weighted by Crippen LogP contribution is -2.21. The van der Waals surface area contributed by atoms with Crippen molar-refractivity contribution in [2.45, 2.75) is 46.9 Å². The van der Waals surface area contributed by atoms with Gasteiger partial charge in [0.25, 0.3) is 0 Å². The van der Waals surface area contributed by atoms with Crippen molar-refractivity contribution in [2.24, 2.45) is 0 Å². The molecule has 0 saturated carbocycles. The highest BCUT2D eigenvalue weighted by molar-refractivity contribution is 6.30. The molecule has 4 heteroatoms. The zero-order valence-electron chi connectivity index (χ0n) is 13.0. The summed E-state index contributed by atoms with van der Waals surface area (Å²) in [7, 11) is 0. The average molecular weight is 308 g/mol. The lowest BCUT2D eigenvalue weighted by atomic mass is 10.2. The molecule has 21 heavy (non-hydrogen) atoms. The Bertz CT molecular complexity index is 605. The van der Waals surface area contributed by atoms with Gasteiger partial charge in [0.05, 0.1) is 0 Å². The number of ether oxygens (including phenoxy) is 1. The van der Waals surface area contributed by atoms with Crippen molar-refractivity contribution in [3.05, 3.63) is 51.9 Å². The van der Waals surface area contributed by atoms with E-state index in [-0.39, 0.29) is 0 Å². The maximum atomic E-state index is 5.94. The average Bonchev–Trinajstić information content (AvgIpc) is 2.76. The van der Waals surface area contributed by atoms with Crippen molar-refractivity contribution in [1.82, 2.24) is 5.32 Å². The summed E-state index contributed by atoms with van der Waals surface area (Å²) in [4.78, 5) is 0. The molecule has 0 fully saturated rings. The first-order valence-electron chi connectivity index (χ1n) is 7.16. The van der Waals surface area contributed by atoms with Gasteiger partial charge in [-0.3, -0.25) is 0 Å². The van der Waals surface area contributed by atoms with E-state index in [0.29, 0.717) is 12.6 Å². The number of nitrogens with one attached hydrogen (secondary N) is 1. The Balaban J connectivity index is 1.98. The van der Waals surface area contributed by atoms with Gasteiger partial charge >= 0.3 is 0 Å². The van der Waals surface area contributed by atoms with E-state index in [0.717, 1.165) is 34.4 Å². The molecule has 0 unspecified atom stereocenters. The Morgan fingerprint density at radius 2 is 2.00 bits per heavy atom. The third-order valence-electron chi connectivity index (χ3n) is 3.28. The predicted octanol–water partition coefficient (Wildman–Crippen LogP) is 4.63. The number of furan rings is 1. The number of hydrogen-bond donors (Lipinski definition) is 1. The van der Waals surface area contributed by atoms with Gasteiger partial charge in [-0.1, -0.05) is 25.4 Å². The van der Waals surface area contributed by atoms with Crippen molar-refractivity contribution in [3.8, 4) is 5.75 Å². The second-order valence-corrected chi connectivity index (χ2v) is 5.96. The molecular formula is C17H22ClNO2. The van der Waals surface area contributed by atoms with Crippen LogP contribution in [0, 0.1) is 13.8 Å². The van der Waals surface area contributed by atoms with E-state index in [1.807, 2.05) is 32.0 Å². The molecule has 1 N–H and O–H groups in total. The van der Waals surface area contributed by atoms with Gasteiger partial charge in [0.2, 0.25) is 0 Å². The summed E-state index contributed by atoms with van der Waals surface area (Å²) in [5.74, 6) is 2.60. The third kappa shape index (κ3) is 4.51. The number of rotatable bonds is 6. The first kappa shape index (κ1) is 15.9. The maximum absolute atomic E-state index is 5.94. The van der Waals surface area contributed by atoms with Gasteiger partial charge in [0.15, 0.2) is 0 Å². The largest absolute Gasteiger partial charge is 0.485 e. The standard InChI is InChI=1S/C17H22ClNO2/c1-11(2)19-9-14-8-16(21-13(14)4)10-20-17-6-5-15(18)7-12(17)3/h5-8,11,19H,9-10H2,1-4H3. The molecule has 0 radical (unpaired) electrons. The summed E-state index contributed by atoms with van der Waals surface area (Å²) in [6, 6.07) is 8.11. The highest BCUT2D eigenvalue weighted by Crippen LogP contribution is 2.23. The van der Waals surface area contributed by atoms with Gasteiger partial charge in [0, 0.05) is 23.2 Å². The number of halogens is 1. The fraction of sp³-hybridized carbons (Fsp3) is 0.412. The summed E-state index contributed by atoms with van der Waals surface area (Å²) in [6.45, 7) is 9.45. The van der Waals surface area contributed by atoms with Crippen LogP contribution in [0.5, 0.6) is 5.75 Å². The van der Waals surface area contributed by atoms with Crippen LogP contribution in [0.15, 0.2) is 28.7 Å². The van der Waals surface area contributed by atoms with Gasteiger partial charge in [-0.15, -0.1) is 0 Å². The predicted molar refractivity (Wildman–Crippen MR) is 85.9 cm³/mol. The minimum Gasteiger partial charge on any atom is -0.485 e. The van der Waals surface area contributed by atoms with Crippen LogP contribution in [0.3, 0.4) is 0 Å². The fourth-order valence-electron chi connectivity index (χ4n) is 2.07. The van der Waals surface area contributed by atoms with Crippen LogP contribution in [0.4, 0.5) is 0 Å². The van der Waals surface area contributed by atoms with Crippen molar-refractivity contribution in [1.29, 1.82) is 0 Å². The van der Waals surface area contributed by atoms with Gasteiger partial charge < -0.3 is 14.5 Å². The molecule has 0 saturated heterocycles. The smallest absolute Gasteiger partial charge is 0.146 e. The molecule has 0 bridgehead atoms. The molecule has 1 aromatic heterocycles. The Hall–Kier alpha value is -1.45. The molecule has 3 nitrogen and oxygen atoms in total. The molecule has 0 amide bonds. The zero-order chi connectivity index (χ0) is 15.4. The van der Waals surface area contributed by atoms with Crippen LogP contribution < -0.4 is 10.1 Å². The first-order chi connectivity index (χ1) is 9.95. The molecule has 2 rings (SSSR count). The second-order valence-electron chi connectivity index (χ2n) is 5.53. The molecule has 0 aliphatic rings. The van der Waals surface area contributed by atoms with E-state index >= 15 is 0 Å². The SMILES string of the molecule is Cc1cc(Cl)ccc1OCc1cc(CNC(C)C)c(C)o1. The van der Waals surface area contributed by atoms with E-state index in [4.69, 9.17) is 20.8 Å². The summed E-state index contributed by atoms with van der Waals surface area (Å²) >= 11 is 5.94. The first-order valence-corrected chi connectivity index (χ1v) is 7.54. The molecular weight excluding hydrogens is 286 g/mol. The number of benzene rings is 1. The molecule has 2 aromatic rings. The van der Waals surface area contributed by atoms with E-state index < -0.39 is 0 Å². The van der Waals surface area contributed by atoms with Gasteiger partial charge in [-0.25, -0.2) is 0 Å². The van der Waals surface area contributed by atoms with Crippen LogP contribution in [0.25, 0.3) is 0 Å². The quantitative estimate of drug-likeness (QED) is 0.845. The highest BCUT2D eigenvalue weighted by atomic mass is 35.5. The normalized spacial score (nSPS) is 11.1. The molecule has 0 aliphatic heterocycles. The van der Waals surface area contributed by atoms with E-state index in [9.17, 15) is 0 Å². The lowest BCUT2D eigenvalue weighted by molar-refractivity contribution is 0.266. The van der Waals surface area contributed by atoms with Gasteiger partial charge in [-0.05, 0) is 43.7 Å². The highest BCUT2D eigenvalue weighted by Gasteiger charge is 2.09. The summed E-state index contributed by atoms with van der Waals surface area (Å²) in [5, 5.41) is 4.11. The summed E-state index contributed by atoms with van der Waals surface area (Å²) < 4.78 is 11.5. The third-order valence-corrected chi connectivity index (χ3v) is 3.51. The molecule has 1 heterocycles. The Morgan fingerprint density at radius 1 is 1.24 bits per heavy atom. The fourth-order valence-corrected chi connectivity index (χ4v) is 2.30. The molecule has 1 aromatic carbocycles. The summed E-state index contributed by atoms with van der Waals surface area (Å²) in [6.07, 6.45) is 0. The Labute approximate surface area is 131 Å².